The van der Waals surface area contributed by atoms with Crippen LogP contribution in [0.15, 0.2) is 30.7 Å². The Hall–Kier alpha value is -2.21. The first-order valence-corrected chi connectivity index (χ1v) is 9.55. The first kappa shape index (κ1) is 18.6. The van der Waals surface area contributed by atoms with E-state index in [2.05, 4.69) is 22.1 Å². The summed E-state index contributed by atoms with van der Waals surface area (Å²) in [5, 5.41) is 4.21. The largest absolute Gasteiger partial charge is 0.342 e. The molecule has 0 spiro atoms. The van der Waals surface area contributed by atoms with Crippen molar-refractivity contribution in [3.8, 4) is 11.1 Å². The van der Waals surface area contributed by atoms with Crippen LogP contribution in [0.2, 0.25) is 0 Å². The topological polar surface area (TPSA) is 54.3 Å². The van der Waals surface area contributed by atoms with Crippen LogP contribution in [0.4, 0.5) is 0 Å². The molecule has 0 aromatic carbocycles. The molecule has 6 nitrogen and oxygen atoms in total. The lowest BCUT2D eigenvalue weighted by atomic mass is 9.92. The van der Waals surface area contributed by atoms with Crippen LogP contribution in [-0.4, -0.2) is 63.2 Å². The maximum atomic E-state index is 12.3. The number of hydrogen-bond acceptors (Lipinski definition) is 4. The number of nitrogens with zero attached hydrogens (tertiary/aromatic N) is 5. The van der Waals surface area contributed by atoms with Crippen LogP contribution in [0, 0.1) is 0 Å². The third-order valence-corrected chi connectivity index (χ3v) is 5.31. The molecule has 0 saturated carbocycles. The summed E-state index contributed by atoms with van der Waals surface area (Å²) in [6, 6.07) is 4.28. The summed E-state index contributed by atoms with van der Waals surface area (Å²) in [4.78, 5) is 21.1. The molecule has 1 aliphatic rings. The average molecular weight is 355 g/mol. The number of piperidine rings is 1. The molecule has 0 atom stereocenters. The molecule has 3 heterocycles. The van der Waals surface area contributed by atoms with Gasteiger partial charge in [-0.25, -0.2) is 0 Å². The normalized spacial score (nSPS) is 16.0. The highest BCUT2D eigenvalue weighted by molar-refractivity contribution is 5.78. The van der Waals surface area contributed by atoms with Gasteiger partial charge < -0.3 is 4.90 Å². The number of amides is 1. The number of likely N-dealkylation sites (tertiary alicyclic amines) is 1. The molecule has 0 N–H and O–H groups in total. The molecule has 1 fully saturated rings. The van der Waals surface area contributed by atoms with E-state index < -0.39 is 0 Å². The van der Waals surface area contributed by atoms with Crippen molar-refractivity contribution in [1.29, 1.82) is 0 Å². The van der Waals surface area contributed by atoms with E-state index in [1.54, 1.807) is 4.68 Å². The number of hydrogen-bond donors (Lipinski definition) is 0. The lowest BCUT2D eigenvalue weighted by Crippen LogP contribution is -2.43. The van der Waals surface area contributed by atoms with Crippen LogP contribution in [-0.2, 0) is 11.8 Å². The number of carbonyl (C=O) groups excluding carboxylic acids is 1. The third kappa shape index (κ3) is 4.30. The number of rotatable bonds is 6. The SMILES string of the molecule is CCN(CC)C(=O)CN1CCC(c2ccc(-c3cnn(C)c3)cn2)CC1. The van der Waals surface area contributed by atoms with E-state index in [9.17, 15) is 4.79 Å². The monoisotopic (exact) mass is 355 g/mol. The highest BCUT2D eigenvalue weighted by Gasteiger charge is 2.24. The Morgan fingerprint density at radius 1 is 1.15 bits per heavy atom. The molecular formula is C20H29N5O. The van der Waals surface area contributed by atoms with Crippen LogP contribution in [0.3, 0.4) is 0 Å². The van der Waals surface area contributed by atoms with Crippen molar-refractivity contribution in [2.45, 2.75) is 32.6 Å². The minimum atomic E-state index is 0.243. The zero-order valence-electron chi connectivity index (χ0n) is 16.1. The summed E-state index contributed by atoms with van der Waals surface area (Å²) in [6.45, 7) is 8.12. The van der Waals surface area contributed by atoms with Gasteiger partial charge in [-0.3, -0.25) is 19.4 Å². The molecule has 0 bridgehead atoms. The zero-order chi connectivity index (χ0) is 18.5. The highest BCUT2D eigenvalue weighted by atomic mass is 16.2. The standard InChI is InChI=1S/C20H29N5O/c1-4-25(5-2)20(26)15-24-10-8-16(9-11-24)19-7-6-17(12-21-19)18-13-22-23(3)14-18/h6-7,12-14,16H,4-5,8-11,15H2,1-3H3. The molecule has 3 rings (SSSR count). The fourth-order valence-corrected chi connectivity index (χ4v) is 3.64. The van der Waals surface area contributed by atoms with Gasteiger partial charge in [0, 0.05) is 55.3 Å². The molecule has 140 valence electrons. The van der Waals surface area contributed by atoms with E-state index in [-0.39, 0.29) is 5.91 Å². The fraction of sp³-hybridized carbons (Fsp3) is 0.550. The molecule has 0 aliphatic carbocycles. The van der Waals surface area contributed by atoms with Gasteiger partial charge in [0.05, 0.1) is 12.7 Å². The Morgan fingerprint density at radius 3 is 2.42 bits per heavy atom. The van der Waals surface area contributed by atoms with E-state index in [1.165, 1.54) is 0 Å². The maximum absolute atomic E-state index is 12.3. The van der Waals surface area contributed by atoms with Gasteiger partial charge in [-0.1, -0.05) is 6.07 Å². The van der Waals surface area contributed by atoms with Crippen LogP contribution in [0.1, 0.15) is 38.3 Å². The van der Waals surface area contributed by atoms with Gasteiger partial charge in [0.15, 0.2) is 0 Å². The van der Waals surface area contributed by atoms with E-state index in [4.69, 9.17) is 4.98 Å². The molecule has 26 heavy (non-hydrogen) atoms. The molecular weight excluding hydrogens is 326 g/mol. The molecule has 1 saturated heterocycles. The molecule has 2 aromatic heterocycles. The van der Waals surface area contributed by atoms with Crippen molar-refractivity contribution in [2.75, 3.05) is 32.7 Å². The Kier molecular flexibility index (Phi) is 6.04. The average Bonchev–Trinajstić information content (AvgIpc) is 3.10. The minimum Gasteiger partial charge on any atom is -0.342 e. The maximum Gasteiger partial charge on any atom is 0.236 e. The van der Waals surface area contributed by atoms with Gasteiger partial charge >= 0.3 is 0 Å². The van der Waals surface area contributed by atoms with E-state index >= 15 is 0 Å². The minimum absolute atomic E-state index is 0.243. The van der Waals surface area contributed by atoms with Crippen molar-refractivity contribution < 1.29 is 4.79 Å². The van der Waals surface area contributed by atoms with Gasteiger partial charge in [-0.2, -0.15) is 5.10 Å². The number of pyridine rings is 1. The van der Waals surface area contributed by atoms with Crippen LogP contribution in [0.25, 0.3) is 11.1 Å². The summed E-state index contributed by atoms with van der Waals surface area (Å²) in [6.07, 6.45) is 7.93. The second-order valence-corrected chi connectivity index (χ2v) is 6.99. The molecule has 0 radical (unpaired) electrons. The Bertz CT molecular complexity index is 712. The van der Waals surface area contributed by atoms with Gasteiger partial charge in [-0.05, 0) is 45.8 Å². The van der Waals surface area contributed by atoms with Crippen LogP contribution < -0.4 is 0 Å². The molecule has 1 aliphatic heterocycles. The smallest absolute Gasteiger partial charge is 0.236 e. The molecule has 0 unspecified atom stereocenters. The predicted molar refractivity (Wildman–Crippen MR) is 103 cm³/mol. The second-order valence-electron chi connectivity index (χ2n) is 6.99. The molecule has 1 amide bonds. The first-order valence-electron chi connectivity index (χ1n) is 9.55. The first-order chi connectivity index (χ1) is 12.6. The number of likely N-dealkylation sites (N-methyl/N-ethyl adjacent to an activating group) is 1. The summed E-state index contributed by atoms with van der Waals surface area (Å²) in [5.41, 5.74) is 3.35. The number of aryl methyl sites for hydroxylation is 1. The molecule has 6 heteroatoms. The summed E-state index contributed by atoms with van der Waals surface area (Å²) in [5.74, 6) is 0.727. The number of carbonyl (C=O) groups is 1. The lowest BCUT2D eigenvalue weighted by Gasteiger charge is -2.32. The van der Waals surface area contributed by atoms with E-state index in [0.29, 0.717) is 12.5 Å². The quantitative estimate of drug-likeness (QED) is 0.799. The highest BCUT2D eigenvalue weighted by Crippen LogP contribution is 2.28. The summed E-state index contributed by atoms with van der Waals surface area (Å²) in [7, 11) is 1.92. The van der Waals surface area contributed by atoms with Gasteiger partial charge in [0.25, 0.3) is 0 Å². The van der Waals surface area contributed by atoms with Crippen molar-refractivity contribution in [1.82, 2.24) is 24.6 Å². The van der Waals surface area contributed by atoms with Gasteiger partial charge in [-0.15, -0.1) is 0 Å². The van der Waals surface area contributed by atoms with Crippen molar-refractivity contribution in [3.05, 3.63) is 36.4 Å². The second kappa shape index (κ2) is 8.45. The Morgan fingerprint density at radius 2 is 1.88 bits per heavy atom. The van der Waals surface area contributed by atoms with Gasteiger partial charge in [0.1, 0.15) is 0 Å². The summed E-state index contributed by atoms with van der Waals surface area (Å²) >= 11 is 0. The van der Waals surface area contributed by atoms with E-state index in [0.717, 1.165) is 55.8 Å². The lowest BCUT2D eigenvalue weighted by molar-refractivity contribution is -0.132. The predicted octanol–water partition coefficient (Wildman–Crippen LogP) is 2.53. The molecule has 2 aromatic rings. The van der Waals surface area contributed by atoms with Crippen LogP contribution >= 0.6 is 0 Å². The zero-order valence-corrected chi connectivity index (χ0v) is 16.1. The van der Waals surface area contributed by atoms with Crippen molar-refractivity contribution in [3.63, 3.8) is 0 Å². The van der Waals surface area contributed by atoms with Gasteiger partial charge in [0.2, 0.25) is 5.91 Å². The third-order valence-electron chi connectivity index (χ3n) is 5.31. The van der Waals surface area contributed by atoms with Crippen molar-refractivity contribution in [2.24, 2.45) is 7.05 Å². The summed E-state index contributed by atoms with van der Waals surface area (Å²) < 4.78 is 1.80. The van der Waals surface area contributed by atoms with Crippen molar-refractivity contribution >= 4 is 5.91 Å². The fourth-order valence-electron chi connectivity index (χ4n) is 3.64. The Labute approximate surface area is 155 Å². The van der Waals surface area contributed by atoms with E-state index in [1.807, 2.05) is 44.4 Å². The Balaban J connectivity index is 1.54. The van der Waals surface area contributed by atoms with Crippen LogP contribution in [0.5, 0.6) is 0 Å². The number of aromatic nitrogens is 3.